The number of aryl methyl sites for hydroxylation is 2. The number of hydrazine groups is 1. The lowest BCUT2D eigenvalue weighted by molar-refractivity contribution is -0.123. The molecule has 7 heteroatoms. The maximum Gasteiger partial charge on any atom is 0.276 e. The molecule has 0 aromatic heterocycles. The molecule has 2 N–H and O–H groups in total. The molecule has 0 aliphatic carbocycles. The number of amides is 2. The van der Waals surface area contributed by atoms with Gasteiger partial charge in [0.05, 0.1) is 12.7 Å². The van der Waals surface area contributed by atoms with Crippen LogP contribution in [0.5, 0.6) is 11.5 Å². The molecule has 2 aromatic carbocycles. The summed E-state index contributed by atoms with van der Waals surface area (Å²) in [6, 6.07) is 10.2. The normalized spacial score (nSPS) is 10.1. The second-order valence-electron chi connectivity index (χ2n) is 5.36. The summed E-state index contributed by atoms with van der Waals surface area (Å²) < 4.78 is 10.5. The number of rotatable bonds is 5. The highest BCUT2D eigenvalue weighted by Crippen LogP contribution is 2.25. The maximum atomic E-state index is 12.1. The molecule has 0 radical (unpaired) electrons. The molecule has 25 heavy (non-hydrogen) atoms. The molecule has 0 heterocycles. The van der Waals surface area contributed by atoms with Crippen molar-refractivity contribution in [1.82, 2.24) is 10.9 Å². The van der Waals surface area contributed by atoms with E-state index in [1.807, 2.05) is 13.8 Å². The molecular weight excluding hydrogens is 344 g/mol. The highest BCUT2D eigenvalue weighted by molar-refractivity contribution is 6.32. The summed E-state index contributed by atoms with van der Waals surface area (Å²) in [6.07, 6.45) is 0. The smallest absolute Gasteiger partial charge is 0.276 e. The number of para-hydroxylation sites is 1. The van der Waals surface area contributed by atoms with Crippen molar-refractivity contribution in [3.05, 3.63) is 58.1 Å². The van der Waals surface area contributed by atoms with Crippen molar-refractivity contribution in [2.45, 2.75) is 13.8 Å². The molecule has 0 atom stereocenters. The van der Waals surface area contributed by atoms with Crippen molar-refractivity contribution >= 4 is 23.4 Å². The van der Waals surface area contributed by atoms with E-state index >= 15 is 0 Å². The molecular formula is C18H19ClN2O4. The van der Waals surface area contributed by atoms with Crippen LogP contribution in [0.25, 0.3) is 0 Å². The highest BCUT2D eigenvalue weighted by atomic mass is 35.5. The van der Waals surface area contributed by atoms with Gasteiger partial charge in [0.1, 0.15) is 11.5 Å². The Balaban J connectivity index is 1.88. The summed E-state index contributed by atoms with van der Waals surface area (Å²) >= 11 is 6.09. The van der Waals surface area contributed by atoms with E-state index in [-0.39, 0.29) is 6.61 Å². The Bertz CT molecular complexity index is 769. The summed E-state index contributed by atoms with van der Waals surface area (Å²) in [5, 5.41) is 0.667. The topological polar surface area (TPSA) is 76.7 Å². The van der Waals surface area contributed by atoms with Gasteiger partial charge in [-0.05, 0) is 49.2 Å². The minimum absolute atomic E-state index is 0.243. The number of hydrogen-bond donors (Lipinski definition) is 2. The number of carbonyl (C=O) groups is 2. The molecule has 132 valence electrons. The van der Waals surface area contributed by atoms with E-state index in [1.54, 1.807) is 36.4 Å². The predicted octanol–water partition coefficient (Wildman–Crippen LogP) is 2.81. The van der Waals surface area contributed by atoms with Crippen molar-refractivity contribution in [2.75, 3.05) is 13.7 Å². The average molecular weight is 363 g/mol. The van der Waals surface area contributed by atoms with Crippen LogP contribution in [-0.4, -0.2) is 25.5 Å². The molecule has 2 aromatic rings. The van der Waals surface area contributed by atoms with Gasteiger partial charge >= 0.3 is 0 Å². The fourth-order valence-electron chi connectivity index (χ4n) is 2.20. The lowest BCUT2D eigenvalue weighted by atomic mass is 10.1. The minimum Gasteiger partial charge on any atom is -0.496 e. The molecule has 0 bridgehead atoms. The third-order valence-electron chi connectivity index (χ3n) is 3.45. The van der Waals surface area contributed by atoms with Crippen molar-refractivity contribution in [3.63, 3.8) is 0 Å². The molecule has 2 rings (SSSR count). The van der Waals surface area contributed by atoms with Gasteiger partial charge in [-0.25, -0.2) is 0 Å². The van der Waals surface area contributed by atoms with Gasteiger partial charge < -0.3 is 9.47 Å². The minimum atomic E-state index is -0.492. The summed E-state index contributed by atoms with van der Waals surface area (Å²) in [5.41, 5.74) is 6.66. The monoisotopic (exact) mass is 362 g/mol. The van der Waals surface area contributed by atoms with Crippen LogP contribution in [0.4, 0.5) is 0 Å². The van der Waals surface area contributed by atoms with Gasteiger partial charge in [-0.15, -0.1) is 0 Å². The first kappa shape index (κ1) is 18.6. The van der Waals surface area contributed by atoms with E-state index in [0.29, 0.717) is 22.1 Å². The van der Waals surface area contributed by atoms with Gasteiger partial charge in [0.25, 0.3) is 11.8 Å². The van der Waals surface area contributed by atoms with Gasteiger partial charge in [-0.3, -0.25) is 20.4 Å². The van der Waals surface area contributed by atoms with Crippen LogP contribution in [0.2, 0.25) is 5.02 Å². The zero-order valence-corrected chi connectivity index (χ0v) is 14.9. The highest BCUT2D eigenvalue weighted by Gasteiger charge is 2.12. The maximum absolute atomic E-state index is 12.1. The zero-order chi connectivity index (χ0) is 18.4. The van der Waals surface area contributed by atoms with Crippen molar-refractivity contribution < 1.29 is 19.1 Å². The number of benzene rings is 2. The van der Waals surface area contributed by atoms with E-state index in [2.05, 4.69) is 10.9 Å². The molecule has 0 saturated heterocycles. The SMILES string of the molecule is COc1ccccc1C(=O)NNC(=O)COc1cc(C)c(Cl)c(C)c1. The largest absolute Gasteiger partial charge is 0.496 e. The van der Waals surface area contributed by atoms with E-state index < -0.39 is 11.8 Å². The van der Waals surface area contributed by atoms with Crippen LogP contribution >= 0.6 is 11.6 Å². The molecule has 0 unspecified atom stereocenters. The quantitative estimate of drug-likeness (QED) is 0.802. The van der Waals surface area contributed by atoms with Crippen LogP contribution in [0.3, 0.4) is 0 Å². The van der Waals surface area contributed by atoms with E-state index in [9.17, 15) is 9.59 Å². The van der Waals surface area contributed by atoms with Gasteiger partial charge in [0.2, 0.25) is 0 Å². The Kier molecular flexibility index (Phi) is 6.25. The average Bonchev–Trinajstić information content (AvgIpc) is 2.62. The molecule has 0 saturated carbocycles. The Morgan fingerprint density at radius 2 is 1.72 bits per heavy atom. The van der Waals surface area contributed by atoms with Gasteiger partial charge in [0, 0.05) is 5.02 Å². The van der Waals surface area contributed by atoms with E-state index in [0.717, 1.165) is 11.1 Å². The summed E-state index contributed by atoms with van der Waals surface area (Å²) in [5.74, 6) is -0.0271. The van der Waals surface area contributed by atoms with Crippen LogP contribution in [0.1, 0.15) is 21.5 Å². The third kappa shape index (κ3) is 4.87. The first-order valence-electron chi connectivity index (χ1n) is 7.54. The van der Waals surface area contributed by atoms with Crippen molar-refractivity contribution in [3.8, 4) is 11.5 Å². The Morgan fingerprint density at radius 1 is 1.08 bits per heavy atom. The molecule has 0 fully saturated rings. The predicted molar refractivity (Wildman–Crippen MR) is 95.0 cm³/mol. The van der Waals surface area contributed by atoms with Gasteiger partial charge in [-0.1, -0.05) is 23.7 Å². The number of nitrogens with one attached hydrogen (secondary N) is 2. The molecule has 2 amide bonds. The molecule has 0 aliphatic rings. The second kappa shape index (κ2) is 8.39. The van der Waals surface area contributed by atoms with Crippen molar-refractivity contribution in [2.24, 2.45) is 0 Å². The van der Waals surface area contributed by atoms with Crippen LogP contribution in [0.15, 0.2) is 36.4 Å². The number of methoxy groups -OCH3 is 1. The lowest BCUT2D eigenvalue weighted by Gasteiger charge is -2.12. The van der Waals surface area contributed by atoms with Crippen LogP contribution < -0.4 is 20.3 Å². The van der Waals surface area contributed by atoms with E-state index in [4.69, 9.17) is 21.1 Å². The van der Waals surface area contributed by atoms with Crippen molar-refractivity contribution in [1.29, 1.82) is 0 Å². The number of ether oxygens (including phenoxy) is 2. The fraction of sp³-hybridized carbons (Fsp3) is 0.222. The third-order valence-corrected chi connectivity index (χ3v) is 4.04. The standard InChI is InChI=1S/C18H19ClN2O4/c1-11-8-13(9-12(2)17(11)19)25-10-16(22)20-21-18(23)14-6-4-5-7-15(14)24-3/h4-9H,10H2,1-3H3,(H,20,22)(H,21,23). The lowest BCUT2D eigenvalue weighted by Crippen LogP contribution is -2.43. The summed E-state index contributed by atoms with van der Waals surface area (Å²) in [6.45, 7) is 3.47. The second-order valence-corrected chi connectivity index (χ2v) is 5.74. The van der Waals surface area contributed by atoms with Crippen LogP contribution in [-0.2, 0) is 4.79 Å². The van der Waals surface area contributed by atoms with Gasteiger partial charge in [-0.2, -0.15) is 0 Å². The molecule has 0 spiro atoms. The zero-order valence-electron chi connectivity index (χ0n) is 14.2. The number of halogens is 1. The Morgan fingerprint density at radius 3 is 2.36 bits per heavy atom. The number of carbonyl (C=O) groups excluding carboxylic acids is 2. The first-order chi connectivity index (χ1) is 11.9. The van der Waals surface area contributed by atoms with E-state index in [1.165, 1.54) is 7.11 Å². The van der Waals surface area contributed by atoms with Crippen LogP contribution in [0, 0.1) is 13.8 Å². The Hall–Kier alpha value is -2.73. The first-order valence-corrected chi connectivity index (χ1v) is 7.92. The fourth-order valence-corrected chi connectivity index (χ4v) is 2.31. The summed E-state index contributed by atoms with van der Waals surface area (Å²) in [4.78, 5) is 23.9. The summed E-state index contributed by atoms with van der Waals surface area (Å²) in [7, 11) is 1.47. The molecule has 6 nitrogen and oxygen atoms in total. The van der Waals surface area contributed by atoms with Gasteiger partial charge in [0.15, 0.2) is 6.61 Å². The molecule has 0 aliphatic heterocycles. The Labute approximate surface area is 151 Å². The number of hydrogen-bond acceptors (Lipinski definition) is 4.